The van der Waals surface area contributed by atoms with E-state index < -0.39 is 0 Å². The molecule has 0 unspecified atom stereocenters. The lowest BCUT2D eigenvalue weighted by Gasteiger charge is -2.33. The fraction of sp³-hybridized carbons (Fsp3) is 0.875. The summed E-state index contributed by atoms with van der Waals surface area (Å²) in [5.41, 5.74) is 0.0984. The Balaban J connectivity index is 2.25. The van der Waals surface area contributed by atoms with Crippen LogP contribution in [-0.4, -0.2) is 42.5 Å². The number of hydrogen-bond donors (Lipinski definition) is 2. The normalized spacial score (nSPS) is 16.7. The lowest BCUT2D eigenvalue weighted by molar-refractivity contribution is -0.122. The third kappa shape index (κ3) is 7.34. The molecule has 0 aliphatic carbocycles. The zero-order valence-corrected chi connectivity index (χ0v) is 14.0. The van der Waals surface area contributed by atoms with Gasteiger partial charge in [-0.1, -0.05) is 34.1 Å². The van der Waals surface area contributed by atoms with E-state index in [4.69, 9.17) is 0 Å². The van der Waals surface area contributed by atoms with Crippen molar-refractivity contribution in [1.82, 2.24) is 15.5 Å². The van der Waals surface area contributed by atoms with E-state index in [9.17, 15) is 9.59 Å². The van der Waals surface area contributed by atoms with Crippen LogP contribution in [0.2, 0.25) is 0 Å². The standard InChI is InChI=1S/C16H31N3O2/c1-5-6-7-14(20)18-13-8-10-19(11-9-13)15(21)17-12-16(2,3)4/h13H,5-12H2,1-4H3,(H,17,21)(H,18,20). The van der Waals surface area contributed by atoms with E-state index in [1.807, 2.05) is 4.90 Å². The van der Waals surface area contributed by atoms with Crippen molar-refractivity contribution in [3.05, 3.63) is 0 Å². The molecule has 1 rings (SSSR count). The minimum absolute atomic E-state index is 0.0145. The molecule has 0 saturated carbocycles. The third-order valence-electron chi connectivity index (χ3n) is 3.67. The number of amides is 3. The van der Waals surface area contributed by atoms with E-state index in [1.165, 1.54) is 0 Å². The molecule has 21 heavy (non-hydrogen) atoms. The molecule has 1 aliphatic heterocycles. The van der Waals surface area contributed by atoms with E-state index in [-0.39, 0.29) is 23.4 Å². The van der Waals surface area contributed by atoms with Crippen molar-refractivity contribution in [3.8, 4) is 0 Å². The average Bonchev–Trinajstić information content (AvgIpc) is 2.42. The minimum Gasteiger partial charge on any atom is -0.353 e. The van der Waals surface area contributed by atoms with Gasteiger partial charge in [-0.2, -0.15) is 0 Å². The fourth-order valence-corrected chi connectivity index (χ4v) is 2.32. The zero-order valence-electron chi connectivity index (χ0n) is 14.0. The summed E-state index contributed by atoms with van der Waals surface area (Å²) in [4.78, 5) is 25.6. The van der Waals surface area contributed by atoms with E-state index in [1.54, 1.807) is 0 Å². The number of nitrogens with zero attached hydrogens (tertiary/aromatic N) is 1. The second-order valence-electron chi connectivity index (χ2n) is 7.15. The summed E-state index contributed by atoms with van der Waals surface area (Å²) in [5.74, 6) is 0.146. The van der Waals surface area contributed by atoms with Crippen LogP contribution in [0.5, 0.6) is 0 Å². The van der Waals surface area contributed by atoms with Gasteiger partial charge in [0, 0.05) is 32.1 Å². The van der Waals surface area contributed by atoms with Gasteiger partial charge in [-0.15, -0.1) is 0 Å². The molecule has 0 radical (unpaired) electrons. The lowest BCUT2D eigenvalue weighted by Crippen LogP contribution is -2.50. The van der Waals surface area contributed by atoms with Gasteiger partial charge in [-0.25, -0.2) is 4.79 Å². The van der Waals surface area contributed by atoms with Crippen LogP contribution in [-0.2, 0) is 4.79 Å². The smallest absolute Gasteiger partial charge is 0.317 e. The first-order chi connectivity index (χ1) is 9.81. The van der Waals surface area contributed by atoms with Gasteiger partial charge >= 0.3 is 6.03 Å². The Labute approximate surface area is 128 Å². The zero-order chi connectivity index (χ0) is 15.9. The van der Waals surface area contributed by atoms with Crippen LogP contribution in [0.1, 0.15) is 59.8 Å². The van der Waals surface area contributed by atoms with Crippen molar-refractivity contribution < 1.29 is 9.59 Å². The summed E-state index contributed by atoms with van der Waals surface area (Å²) in [6.45, 7) is 10.5. The molecule has 1 heterocycles. The highest BCUT2D eigenvalue weighted by atomic mass is 16.2. The minimum atomic E-state index is 0.0145. The molecule has 1 aliphatic rings. The number of rotatable bonds is 5. The highest BCUT2D eigenvalue weighted by Gasteiger charge is 2.24. The van der Waals surface area contributed by atoms with Gasteiger partial charge < -0.3 is 15.5 Å². The third-order valence-corrected chi connectivity index (χ3v) is 3.67. The maximum atomic E-state index is 12.0. The monoisotopic (exact) mass is 297 g/mol. The number of likely N-dealkylation sites (tertiary alicyclic amines) is 1. The maximum Gasteiger partial charge on any atom is 0.317 e. The Morgan fingerprint density at radius 3 is 2.33 bits per heavy atom. The first-order valence-corrected chi connectivity index (χ1v) is 8.14. The number of hydrogen-bond acceptors (Lipinski definition) is 2. The van der Waals surface area contributed by atoms with Crippen LogP contribution >= 0.6 is 0 Å². The Kier molecular flexibility index (Phi) is 6.99. The average molecular weight is 297 g/mol. The highest BCUT2D eigenvalue weighted by Crippen LogP contribution is 2.13. The second kappa shape index (κ2) is 8.25. The summed E-state index contributed by atoms with van der Waals surface area (Å²) >= 11 is 0. The Morgan fingerprint density at radius 2 is 1.81 bits per heavy atom. The molecule has 0 spiro atoms. The highest BCUT2D eigenvalue weighted by molar-refractivity contribution is 5.76. The van der Waals surface area contributed by atoms with Gasteiger partial charge in [0.2, 0.25) is 5.91 Å². The van der Waals surface area contributed by atoms with Crippen molar-refractivity contribution in [2.45, 2.75) is 65.8 Å². The molecular formula is C16H31N3O2. The number of nitrogens with one attached hydrogen (secondary N) is 2. The topological polar surface area (TPSA) is 61.4 Å². The number of carbonyl (C=O) groups is 2. The van der Waals surface area contributed by atoms with Crippen LogP contribution in [0.15, 0.2) is 0 Å². The van der Waals surface area contributed by atoms with Crippen molar-refractivity contribution in [2.24, 2.45) is 5.41 Å². The molecule has 0 aromatic carbocycles. The molecule has 0 aromatic rings. The summed E-state index contributed by atoms with van der Waals surface area (Å²) in [6, 6.07) is 0.238. The number of carbonyl (C=O) groups excluding carboxylic acids is 2. The van der Waals surface area contributed by atoms with Crippen LogP contribution in [0.4, 0.5) is 4.79 Å². The lowest BCUT2D eigenvalue weighted by atomic mass is 9.97. The quantitative estimate of drug-likeness (QED) is 0.819. The first-order valence-electron chi connectivity index (χ1n) is 8.14. The van der Waals surface area contributed by atoms with Crippen molar-refractivity contribution in [1.29, 1.82) is 0 Å². The molecule has 0 bridgehead atoms. The first kappa shape index (κ1) is 17.8. The molecule has 122 valence electrons. The molecule has 2 N–H and O–H groups in total. The van der Waals surface area contributed by atoms with Crippen molar-refractivity contribution in [2.75, 3.05) is 19.6 Å². The van der Waals surface area contributed by atoms with Crippen molar-refractivity contribution >= 4 is 11.9 Å². The Hall–Kier alpha value is -1.26. The molecule has 1 fully saturated rings. The molecule has 0 atom stereocenters. The number of urea groups is 1. The summed E-state index contributed by atoms with van der Waals surface area (Å²) < 4.78 is 0. The van der Waals surface area contributed by atoms with E-state index >= 15 is 0 Å². The van der Waals surface area contributed by atoms with Crippen LogP contribution < -0.4 is 10.6 Å². The molecular weight excluding hydrogens is 266 g/mol. The Morgan fingerprint density at radius 1 is 1.19 bits per heavy atom. The van der Waals surface area contributed by atoms with Crippen LogP contribution in [0.3, 0.4) is 0 Å². The Bertz CT molecular complexity index is 342. The SMILES string of the molecule is CCCCC(=O)NC1CCN(C(=O)NCC(C)(C)C)CC1. The maximum absolute atomic E-state index is 12.0. The summed E-state index contributed by atoms with van der Waals surface area (Å²) in [5, 5.41) is 6.05. The van der Waals surface area contributed by atoms with Gasteiger partial charge in [0.15, 0.2) is 0 Å². The van der Waals surface area contributed by atoms with E-state index in [2.05, 4.69) is 38.3 Å². The molecule has 0 aromatic heterocycles. The van der Waals surface area contributed by atoms with Gasteiger partial charge in [-0.3, -0.25) is 4.79 Å². The number of unbranched alkanes of at least 4 members (excludes halogenated alkanes) is 1. The predicted molar refractivity (Wildman–Crippen MR) is 85.1 cm³/mol. The molecule has 3 amide bonds. The predicted octanol–water partition coefficient (Wildman–Crippen LogP) is 2.51. The van der Waals surface area contributed by atoms with E-state index in [0.717, 1.165) is 25.7 Å². The summed E-state index contributed by atoms with van der Waals surface area (Å²) in [6.07, 6.45) is 4.30. The molecule has 5 nitrogen and oxygen atoms in total. The van der Waals surface area contributed by atoms with Crippen LogP contribution in [0.25, 0.3) is 0 Å². The fourth-order valence-electron chi connectivity index (χ4n) is 2.32. The largest absolute Gasteiger partial charge is 0.353 e. The molecule has 1 saturated heterocycles. The van der Waals surface area contributed by atoms with Crippen LogP contribution in [0, 0.1) is 5.41 Å². The van der Waals surface area contributed by atoms with Crippen molar-refractivity contribution in [3.63, 3.8) is 0 Å². The number of piperidine rings is 1. The summed E-state index contributed by atoms with van der Waals surface area (Å²) in [7, 11) is 0. The van der Waals surface area contributed by atoms with Gasteiger partial charge in [-0.05, 0) is 24.7 Å². The van der Waals surface area contributed by atoms with E-state index in [0.29, 0.717) is 26.1 Å². The van der Waals surface area contributed by atoms with Gasteiger partial charge in [0.05, 0.1) is 0 Å². The van der Waals surface area contributed by atoms with Gasteiger partial charge in [0.1, 0.15) is 0 Å². The van der Waals surface area contributed by atoms with Gasteiger partial charge in [0.25, 0.3) is 0 Å². The second-order valence-corrected chi connectivity index (χ2v) is 7.15. The molecule has 5 heteroatoms.